The number of para-hydroxylation sites is 1. The number of aryl methyl sites for hydroxylation is 3. The van der Waals surface area contributed by atoms with Gasteiger partial charge in [-0.05, 0) is 65.5 Å². The molecule has 2 rings (SSSR count). The molecule has 0 bridgehead atoms. The van der Waals surface area contributed by atoms with Gasteiger partial charge in [-0.25, -0.2) is 0 Å². The summed E-state index contributed by atoms with van der Waals surface area (Å²) in [5, 5.41) is 0. The van der Waals surface area contributed by atoms with E-state index in [2.05, 4.69) is 48.8 Å². The predicted octanol–water partition coefficient (Wildman–Crippen LogP) is 4.54. The predicted molar refractivity (Wildman–Crippen MR) is 83.5 cm³/mol. The summed E-state index contributed by atoms with van der Waals surface area (Å²) < 4.78 is 6.77. The van der Waals surface area contributed by atoms with Gasteiger partial charge in [-0.2, -0.15) is 0 Å². The van der Waals surface area contributed by atoms with Crippen LogP contribution in [0.25, 0.3) is 0 Å². The Morgan fingerprint density at radius 2 is 1.74 bits per heavy atom. The van der Waals surface area contributed by atoms with E-state index in [1.165, 1.54) is 22.3 Å². The smallest absolute Gasteiger partial charge is 0.156 e. The normalized spacial score (nSPS) is 10.5. The molecule has 19 heavy (non-hydrogen) atoms. The lowest BCUT2D eigenvalue weighted by Gasteiger charge is -2.14. The minimum Gasteiger partial charge on any atom is -0.486 e. The molecule has 0 spiro atoms. The fourth-order valence-electron chi connectivity index (χ4n) is 2.26. The zero-order valence-corrected chi connectivity index (χ0v) is 13.0. The number of rotatable bonds is 3. The van der Waals surface area contributed by atoms with E-state index < -0.39 is 0 Å². The molecule has 2 nitrogen and oxygen atoms in total. The van der Waals surface area contributed by atoms with Gasteiger partial charge in [-0.15, -0.1) is 0 Å². The van der Waals surface area contributed by atoms with Gasteiger partial charge >= 0.3 is 0 Å². The Labute approximate surface area is 122 Å². The minimum absolute atomic E-state index is 0.533. The number of ether oxygens (including phenoxy) is 1. The van der Waals surface area contributed by atoms with Crippen molar-refractivity contribution in [3.63, 3.8) is 0 Å². The van der Waals surface area contributed by atoms with Crippen molar-refractivity contribution in [2.45, 2.75) is 27.4 Å². The number of hydrogen-bond acceptors (Lipinski definition) is 2. The molecule has 0 aliphatic heterocycles. The fourth-order valence-corrected chi connectivity index (χ4v) is 2.76. The van der Waals surface area contributed by atoms with Crippen LogP contribution in [0.1, 0.15) is 22.3 Å². The molecule has 0 saturated carbocycles. The lowest BCUT2D eigenvalue weighted by Crippen LogP contribution is -2.03. The lowest BCUT2D eigenvalue weighted by molar-refractivity contribution is 0.304. The third-order valence-corrected chi connectivity index (χ3v) is 3.82. The van der Waals surface area contributed by atoms with E-state index in [0.29, 0.717) is 18.0 Å². The van der Waals surface area contributed by atoms with Gasteiger partial charge in [0.1, 0.15) is 6.61 Å². The van der Waals surface area contributed by atoms with Gasteiger partial charge in [-0.3, -0.25) is 0 Å². The highest BCUT2D eigenvalue weighted by molar-refractivity contribution is 9.10. The van der Waals surface area contributed by atoms with E-state index in [4.69, 9.17) is 10.5 Å². The van der Waals surface area contributed by atoms with Crippen molar-refractivity contribution in [2.75, 3.05) is 5.73 Å². The maximum Gasteiger partial charge on any atom is 0.156 e. The average molecular weight is 320 g/mol. The van der Waals surface area contributed by atoms with E-state index in [1.807, 2.05) is 18.2 Å². The summed E-state index contributed by atoms with van der Waals surface area (Å²) in [7, 11) is 0. The van der Waals surface area contributed by atoms with Crippen LogP contribution in [-0.2, 0) is 6.61 Å². The van der Waals surface area contributed by atoms with Crippen LogP contribution in [0.2, 0.25) is 0 Å². The summed E-state index contributed by atoms with van der Waals surface area (Å²) in [4.78, 5) is 0. The highest BCUT2D eigenvalue weighted by atomic mass is 79.9. The molecule has 2 N–H and O–H groups in total. The van der Waals surface area contributed by atoms with Gasteiger partial charge in [0.05, 0.1) is 10.2 Å². The van der Waals surface area contributed by atoms with Crippen molar-refractivity contribution in [2.24, 2.45) is 0 Å². The van der Waals surface area contributed by atoms with Crippen molar-refractivity contribution in [1.29, 1.82) is 0 Å². The van der Waals surface area contributed by atoms with E-state index >= 15 is 0 Å². The van der Waals surface area contributed by atoms with Crippen LogP contribution in [0.15, 0.2) is 34.8 Å². The maximum atomic E-state index is 5.93. The van der Waals surface area contributed by atoms with Crippen molar-refractivity contribution in [1.82, 2.24) is 0 Å². The van der Waals surface area contributed by atoms with Crippen LogP contribution in [0, 0.1) is 20.8 Å². The Morgan fingerprint density at radius 1 is 1.11 bits per heavy atom. The molecule has 2 aromatic carbocycles. The second-order valence-electron chi connectivity index (χ2n) is 4.82. The first-order valence-corrected chi connectivity index (χ1v) is 7.02. The van der Waals surface area contributed by atoms with Gasteiger partial charge in [-0.1, -0.05) is 23.8 Å². The third-order valence-electron chi connectivity index (χ3n) is 3.20. The maximum absolute atomic E-state index is 5.93. The number of nitrogen functional groups attached to an aromatic ring is 1. The Hall–Kier alpha value is -1.48. The second-order valence-corrected chi connectivity index (χ2v) is 5.68. The van der Waals surface area contributed by atoms with Crippen molar-refractivity contribution in [3.8, 4) is 5.75 Å². The van der Waals surface area contributed by atoms with Crippen LogP contribution < -0.4 is 10.5 Å². The van der Waals surface area contributed by atoms with Crippen LogP contribution in [0.4, 0.5) is 5.69 Å². The zero-order chi connectivity index (χ0) is 14.0. The summed E-state index contributed by atoms with van der Waals surface area (Å²) >= 11 is 3.46. The lowest BCUT2D eigenvalue weighted by atomic mass is 10.0. The Balaban J connectivity index is 2.24. The minimum atomic E-state index is 0.533. The summed E-state index contributed by atoms with van der Waals surface area (Å²) in [5.41, 5.74) is 11.6. The first-order chi connectivity index (χ1) is 8.99. The Morgan fingerprint density at radius 3 is 2.32 bits per heavy atom. The molecule has 2 aromatic rings. The van der Waals surface area contributed by atoms with E-state index in [-0.39, 0.29) is 0 Å². The van der Waals surface area contributed by atoms with Crippen LogP contribution in [0.5, 0.6) is 5.75 Å². The molecule has 0 radical (unpaired) electrons. The topological polar surface area (TPSA) is 35.2 Å². The van der Waals surface area contributed by atoms with Crippen LogP contribution >= 0.6 is 15.9 Å². The van der Waals surface area contributed by atoms with Gasteiger partial charge < -0.3 is 10.5 Å². The van der Waals surface area contributed by atoms with Gasteiger partial charge in [0.15, 0.2) is 5.75 Å². The first kappa shape index (κ1) is 13.9. The van der Waals surface area contributed by atoms with Crippen molar-refractivity contribution in [3.05, 3.63) is 57.1 Å². The summed E-state index contributed by atoms with van der Waals surface area (Å²) in [6.07, 6.45) is 0. The molecule has 0 aliphatic carbocycles. The molecule has 0 aromatic heterocycles. The zero-order valence-electron chi connectivity index (χ0n) is 11.5. The van der Waals surface area contributed by atoms with E-state index in [0.717, 1.165) is 4.47 Å². The molecule has 0 amide bonds. The van der Waals surface area contributed by atoms with Crippen LogP contribution in [0.3, 0.4) is 0 Å². The number of hydrogen-bond donors (Lipinski definition) is 1. The average Bonchev–Trinajstić information content (AvgIpc) is 2.31. The SMILES string of the molecule is Cc1cc(C)c(COc2c(N)cccc2Br)c(C)c1. The quantitative estimate of drug-likeness (QED) is 0.843. The molecule has 0 aliphatic rings. The number of benzene rings is 2. The number of nitrogens with two attached hydrogens (primary N) is 1. The third kappa shape index (κ3) is 3.10. The molecule has 100 valence electrons. The highest BCUT2D eigenvalue weighted by Gasteiger charge is 2.08. The van der Waals surface area contributed by atoms with Gasteiger partial charge in [0.2, 0.25) is 0 Å². The van der Waals surface area contributed by atoms with Crippen molar-refractivity contribution >= 4 is 21.6 Å². The molecule has 3 heteroatoms. The molecule has 0 heterocycles. The summed E-state index contributed by atoms with van der Waals surface area (Å²) in [6.45, 7) is 6.87. The van der Waals surface area contributed by atoms with E-state index in [9.17, 15) is 0 Å². The fraction of sp³-hybridized carbons (Fsp3) is 0.250. The highest BCUT2D eigenvalue weighted by Crippen LogP contribution is 2.32. The van der Waals surface area contributed by atoms with Crippen LogP contribution in [-0.4, -0.2) is 0 Å². The summed E-state index contributed by atoms with van der Waals surface area (Å²) in [6, 6.07) is 10.0. The number of anilines is 1. The van der Waals surface area contributed by atoms with Crippen molar-refractivity contribution < 1.29 is 4.74 Å². The molecule has 0 unspecified atom stereocenters. The second kappa shape index (κ2) is 5.66. The van der Waals surface area contributed by atoms with E-state index in [1.54, 1.807) is 0 Å². The number of halogens is 1. The Kier molecular flexibility index (Phi) is 4.15. The van der Waals surface area contributed by atoms with Gasteiger partial charge in [0, 0.05) is 0 Å². The molecule has 0 saturated heterocycles. The molecular weight excluding hydrogens is 302 g/mol. The molecular formula is C16H18BrNO. The largest absolute Gasteiger partial charge is 0.486 e. The summed E-state index contributed by atoms with van der Waals surface area (Å²) in [5.74, 6) is 0.710. The van der Waals surface area contributed by atoms with Gasteiger partial charge in [0.25, 0.3) is 0 Å². The molecule has 0 atom stereocenters. The standard InChI is InChI=1S/C16H18BrNO/c1-10-7-11(2)13(12(3)8-10)9-19-16-14(17)5-4-6-15(16)18/h4-8H,9,18H2,1-3H3. The Bertz CT molecular complexity index is 564. The molecule has 0 fully saturated rings. The monoisotopic (exact) mass is 319 g/mol. The first-order valence-electron chi connectivity index (χ1n) is 6.22.